The van der Waals surface area contributed by atoms with E-state index >= 15 is 0 Å². The number of carbonyl (C=O) groups is 3. The van der Waals surface area contributed by atoms with Crippen LogP contribution in [0, 0.1) is 5.92 Å². The molecule has 6 nitrogen and oxygen atoms in total. The molecule has 1 N–H and O–H groups in total. The normalized spacial score (nSPS) is 17.0. The second-order valence-corrected chi connectivity index (χ2v) is 8.99. The van der Waals surface area contributed by atoms with Crippen LogP contribution in [0.15, 0.2) is 65.3 Å². The van der Waals surface area contributed by atoms with E-state index in [4.69, 9.17) is 0 Å². The van der Waals surface area contributed by atoms with Crippen LogP contribution in [0.4, 0.5) is 5.82 Å². The summed E-state index contributed by atoms with van der Waals surface area (Å²) in [5.74, 6) is -0.173. The maximum atomic E-state index is 13.2. The molecule has 0 radical (unpaired) electrons. The highest BCUT2D eigenvalue weighted by Crippen LogP contribution is 2.37. The number of halogens is 1. The molecule has 2 aliphatic rings. The van der Waals surface area contributed by atoms with E-state index in [1.165, 1.54) is 0 Å². The maximum absolute atomic E-state index is 13.2. The maximum Gasteiger partial charge on any atom is 0.253 e. The number of rotatable bonds is 3. The molecule has 2 amide bonds. The minimum atomic E-state index is -0.307. The third-order valence-corrected chi connectivity index (χ3v) is 6.50. The number of ketones is 1. The lowest BCUT2D eigenvalue weighted by Gasteiger charge is -2.32. The number of likely N-dealkylation sites (tertiary alicyclic amines) is 1. The number of aromatic nitrogens is 1. The quantitative estimate of drug-likeness (QED) is 0.457. The third kappa shape index (κ3) is 3.73. The fourth-order valence-electron chi connectivity index (χ4n) is 4.40. The molecule has 1 aromatic heterocycles. The molecule has 1 aliphatic carbocycles. The average Bonchev–Trinajstić information content (AvgIpc) is 3.12. The molecule has 1 aliphatic heterocycles. The molecular formula is C25H20BrN3O3. The van der Waals surface area contributed by atoms with Gasteiger partial charge in [-0.15, -0.1) is 0 Å². The van der Waals surface area contributed by atoms with Gasteiger partial charge in [0.2, 0.25) is 5.91 Å². The molecule has 5 rings (SSSR count). The molecule has 1 saturated heterocycles. The fourth-order valence-corrected chi connectivity index (χ4v) is 4.63. The van der Waals surface area contributed by atoms with Gasteiger partial charge in [-0.1, -0.05) is 30.3 Å². The fraction of sp³-hybridized carbons (Fsp3) is 0.200. The van der Waals surface area contributed by atoms with Crippen molar-refractivity contribution in [3.63, 3.8) is 0 Å². The molecule has 1 fully saturated rings. The van der Waals surface area contributed by atoms with E-state index in [1.54, 1.807) is 29.3 Å². The number of nitrogens with one attached hydrogen (secondary N) is 1. The lowest BCUT2D eigenvalue weighted by Crippen LogP contribution is -2.43. The molecule has 2 aromatic carbocycles. The monoisotopic (exact) mass is 489 g/mol. The summed E-state index contributed by atoms with van der Waals surface area (Å²) in [6.45, 7) is 0.927. The summed E-state index contributed by atoms with van der Waals surface area (Å²) >= 11 is 3.32. The van der Waals surface area contributed by atoms with E-state index in [9.17, 15) is 14.4 Å². The predicted molar refractivity (Wildman–Crippen MR) is 125 cm³/mol. The Morgan fingerprint density at radius 1 is 1.00 bits per heavy atom. The second kappa shape index (κ2) is 8.31. The Bertz CT molecular complexity index is 1240. The molecule has 0 bridgehead atoms. The summed E-state index contributed by atoms with van der Waals surface area (Å²) in [4.78, 5) is 44.6. The summed E-state index contributed by atoms with van der Waals surface area (Å²) in [5.41, 5.74) is 3.47. The van der Waals surface area contributed by atoms with Crippen molar-refractivity contribution in [3.05, 3.63) is 82.0 Å². The third-order valence-electron chi connectivity index (χ3n) is 6.03. The van der Waals surface area contributed by atoms with Gasteiger partial charge in [-0.25, -0.2) is 4.98 Å². The number of amides is 2. The summed E-state index contributed by atoms with van der Waals surface area (Å²) in [7, 11) is 0. The minimum Gasteiger partial charge on any atom is -0.338 e. The lowest BCUT2D eigenvalue weighted by molar-refractivity contribution is -0.121. The number of pyridine rings is 1. The first-order valence-corrected chi connectivity index (χ1v) is 11.3. The van der Waals surface area contributed by atoms with Gasteiger partial charge in [-0.3, -0.25) is 14.4 Å². The van der Waals surface area contributed by atoms with Gasteiger partial charge in [-0.05, 0) is 64.2 Å². The summed E-state index contributed by atoms with van der Waals surface area (Å²) in [6, 6.07) is 16.3. The first-order chi connectivity index (χ1) is 15.5. The molecule has 32 heavy (non-hydrogen) atoms. The van der Waals surface area contributed by atoms with Gasteiger partial charge in [0.25, 0.3) is 5.91 Å². The van der Waals surface area contributed by atoms with Crippen LogP contribution in [0.5, 0.6) is 0 Å². The van der Waals surface area contributed by atoms with E-state index in [-0.39, 0.29) is 23.5 Å². The van der Waals surface area contributed by atoms with Crippen molar-refractivity contribution >= 4 is 39.3 Å². The van der Waals surface area contributed by atoms with Crippen molar-refractivity contribution in [2.45, 2.75) is 12.8 Å². The van der Waals surface area contributed by atoms with E-state index in [0.29, 0.717) is 42.0 Å². The van der Waals surface area contributed by atoms with Crippen molar-refractivity contribution in [3.8, 4) is 11.1 Å². The number of piperidine rings is 1. The number of fused-ring (bicyclic) bond motifs is 3. The first kappa shape index (κ1) is 20.6. The van der Waals surface area contributed by atoms with Crippen molar-refractivity contribution in [1.29, 1.82) is 0 Å². The van der Waals surface area contributed by atoms with Crippen molar-refractivity contribution in [2.75, 3.05) is 18.4 Å². The molecule has 1 unspecified atom stereocenters. The molecule has 0 saturated carbocycles. The Morgan fingerprint density at radius 2 is 1.78 bits per heavy atom. The Kier molecular flexibility index (Phi) is 5.35. The van der Waals surface area contributed by atoms with E-state index in [1.807, 2.05) is 36.4 Å². The zero-order valence-electron chi connectivity index (χ0n) is 17.2. The van der Waals surface area contributed by atoms with E-state index in [2.05, 4.69) is 26.2 Å². The SMILES string of the molecule is O=C1c2ccccc2-c2ccc(C(=O)N3CCCC(C(=O)Nc4ccc(Br)cn4)C3)cc21. The predicted octanol–water partition coefficient (Wildman–Crippen LogP) is 4.55. The van der Waals surface area contributed by atoms with Crippen LogP contribution in [0.1, 0.15) is 39.1 Å². The van der Waals surface area contributed by atoms with Crippen LogP contribution >= 0.6 is 15.9 Å². The molecule has 7 heteroatoms. The van der Waals surface area contributed by atoms with Crippen LogP contribution in [-0.4, -0.2) is 40.6 Å². The zero-order chi connectivity index (χ0) is 22.2. The van der Waals surface area contributed by atoms with Crippen molar-refractivity contribution in [1.82, 2.24) is 9.88 Å². The largest absolute Gasteiger partial charge is 0.338 e. The highest BCUT2D eigenvalue weighted by atomic mass is 79.9. The summed E-state index contributed by atoms with van der Waals surface area (Å²) < 4.78 is 0.834. The molecule has 3 aromatic rings. The molecule has 1 atom stereocenters. The van der Waals surface area contributed by atoms with E-state index < -0.39 is 0 Å². The van der Waals surface area contributed by atoms with Crippen molar-refractivity contribution in [2.24, 2.45) is 5.92 Å². The Morgan fingerprint density at radius 3 is 2.56 bits per heavy atom. The van der Waals surface area contributed by atoms with Crippen LogP contribution in [0.3, 0.4) is 0 Å². The van der Waals surface area contributed by atoms with Gasteiger partial charge < -0.3 is 10.2 Å². The van der Waals surface area contributed by atoms with Gasteiger partial charge in [-0.2, -0.15) is 0 Å². The van der Waals surface area contributed by atoms with Crippen LogP contribution in [0.2, 0.25) is 0 Å². The van der Waals surface area contributed by atoms with Crippen molar-refractivity contribution < 1.29 is 14.4 Å². The molecule has 160 valence electrons. The first-order valence-electron chi connectivity index (χ1n) is 10.5. The lowest BCUT2D eigenvalue weighted by atomic mass is 9.96. The highest BCUT2D eigenvalue weighted by molar-refractivity contribution is 9.10. The van der Waals surface area contributed by atoms with E-state index in [0.717, 1.165) is 22.0 Å². The van der Waals surface area contributed by atoms with Gasteiger partial charge in [0, 0.05) is 40.4 Å². The van der Waals surface area contributed by atoms with Gasteiger partial charge in [0.15, 0.2) is 5.78 Å². The topological polar surface area (TPSA) is 79.4 Å². The second-order valence-electron chi connectivity index (χ2n) is 8.08. The Hall–Kier alpha value is -3.32. The average molecular weight is 490 g/mol. The van der Waals surface area contributed by atoms with Crippen LogP contribution < -0.4 is 5.32 Å². The zero-order valence-corrected chi connectivity index (χ0v) is 18.8. The smallest absolute Gasteiger partial charge is 0.253 e. The number of hydrogen-bond acceptors (Lipinski definition) is 4. The standard InChI is InChI=1S/C25H20BrN3O3/c26-17-8-10-22(27-13-17)28-24(31)16-4-3-11-29(14-16)25(32)15-7-9-19-18-5-1-2-6-20(18)23(30)21(19)12-15/h1-2,5-10,12-13,16H,3-4,11,14H2,(H,27,28,31). The molecule has 2 heterocycles. The summed E-state index contributed by atoms with van der Waals surface area (Å²) in [6.07, 6.45) is 3.08. The van der Waals surface area contributed by atoms with Gasteiger partial charge >= 0.3 is 0 Å². The number of carbonyl (C=O) groups excluding carboxylic acids is 3. The molecule has 0 spiro atoms. The number of benzene rings is 2. The summed E-state index contributed by atoms with van der Waals surface area (Å²) in [5, 5.41) is 2.83. The number of nitrogens with zero attached hydrogens (tertiary/aromatic N) is 2. The number of hydrogen-bond donors (Lipinski definition) is 1. The molecular weight excluding hydrogens is 470 g/mol. The van der Waals surface area contributed by atoms with Crippen LogP contribution in [-0.2, 0) is 4.79 Å². The van der Waals surface area contributed by atoms with Gasteiger partial charge in [0.05, 0.1) is 5.92 Å². The van der Waals surface area contributed by atoms with Crippen LogP contribution in [0.25, 0.3) is 11.1 Å². The Balaban J connectivity index is 1.31. The minimum absolute atomic E-state index is 0.0526. The number of anilines is 1. The van der Waals surface area contributed by atoms with Gasteiger partial charge in [0.1, 0.15) is 5.82 Å². The Labute approximate surface area is 193 Å². The highest BCUT2D eigenvalue weighted by Gasteiger charge is 2.31.